The molecule has 2 amide bonds. The highest BCUT2D eigenvalue weighted by atomic mass is 16.2. The van der Waals surface area contributed by atoms with Gasteiger partial charge < -0.3 is 15.6 Å². The number of hydrogen-bond donors (Lipinski definition) is 3. The molecule has 2 aromatic carbocycles. The van der Waals surface area contributed by atoms with Gasteiger partial charge in [-0.25, -0.2) is 4.98 Å². The van der Waals surface area contributed by atoms with Crippen LogP contribution in [0.25, 0.3) is 11.0 Å². The van der Waals surface area contributed by atoms with Gasteiger partial charge in [-0.2, -0.15) is 0 Å². The van der Waals surface area contributed by atoms with Gasteiger partial charge in [0.2, 0.25) is 11.8 Å². The Hall–Kier alpha value is -3.15. The molecule has 1 aromatic heterocycles. The molecule has 3 rings (SSSR count). The summed E-state index contributed by atoms with van der Waals surface area (Å²) in [7, 11) is 0. The molecule has 0 unspecified atom stereocenters. The van der Waals surface area contributed by atoms with E-state index in [0.29, 0.717) is 5.82 Å². The minimum absolute atomic E-state index is 0.239. The summed E-state index contributed by atoms with van der Waals surface area (Å²) < 4.78 is 0. The second-order valence-electron chi connectivity index (χ2n) is 6.98. The van der Waals surface area contributed by atoms with Crippen molar-refractivity contribution in [1.29, 1.82) is 0 Å². The second kappa shape index (κ2) is 7.61. The summed E-state index contributed by atoms with van der Waals surface area (Å²) in [6.07, 6.45) is -0.239. The van der Waals surface area contributed by atoms with Crippen molar-refractivity contribution in [3.05, 3.63) is 58.9 Å². The first-order valence-corrected chi connectivity index (χ1v) is 8.94. The topological polar surface area (TPSA) is 86.9 Å². The number of aryl methyl sites for hydroxylation is 3. The number of nitrogens with zero attached hydrogens (tertiary/aromatic N) is 1. The number of hydrogen-bond acceptors (Lipinski definition) is 3. The fraction of sp³-hybridized carbons (Fsp3) is 0.286. The van der Waals surface area contributed by atoms with Crippen molar-refractivity contribution < 1.29 is 9.59 Å². The predicted octanol–water partition coefficient (Wildman–Crippen LogP) is 3.69. The number of nitrogens with one attached hydrogen (secondary N) is 3. The van der Waals surface area contributed by atoms with Crippen molar-refractivity contribution in [3.8, 4) is 0 Å². The van der Waals surface area contributed by atoms with Crippen molar-refractivity contribution in [2.75, 3.05) is 5.32 Å². The Balaban J connectivity index is 1.59. The van der Waals surface area contributed by atoms with Crippen LogP contribution in [0.3, 0.4) is 0 Å². The first kappa shape index (κ1) is 18.6. The van der Waals surface area contributed by atoms with Crippen LogP contribution in [-0.4, -0.2) is 21.8 Å². The van der Waals surface area contributed by atoms with Gasteiger partial charge in [0, 0.05) is 5.69 Å². The number of aromatic amines is 1. The van der Waals surface area contributed by atoms with Gasteiger partial charge in [-0.05, 0) is 57.0 Å². The van der Waals surface area contributed by atoms with Crippen LogP contribution in [0, 0.1) is 20.8 Å². The number of amides is 2. The van der Waals surface area contributed by atoms with Crippen molar-refractivity contribution >= 4 is 28.5 Å². The zero-order valence-electron chi connectivity index (χ0n) is 16.0. The molecule has 1 heterocycles. The number of carbonyl (C=O) groups is 2. The lowest BCUT2D eigenvalue weighted by atomic mass is 10.1. The molecule has 0 spiro atoms. The first-order valence-electron chi connectivity index (χ1n) is 8.94. The fourth-order valence-corrected chi connectivity index (χ4v) is 3.00. The SMILES string of the molecule is Cc1ccc(NC(=O)CC(=O)N[C@H](C)c2nc3ccc(C)cc3[nH]2)c(C)c1. The third-order valence-electron chi connectivity index (χ3n) is 4.42. The van der Waals surface area contributed by atoms with Gasteiger partial charge in [-0.15, -0.1) is 0 Å². The highest BCUT2D eigenvalue weighted by Crippen LogP contribution is 2.18. The molecule has 0 bridgehead atoms. The summed E-state index contributed by atoms with van der Waals surface area (Å²) in [5.41, 5.74) is 5.73. The van der Waals surface area contributed by atoms with Crippen LogP contribution in [0.15, 0.2) is 36.4 Å². The van der Waals surface area contributed by atoms with Crippen LogP contribution in [0.5, 0.6) is 0 Å². The van der Waals surface area contributed by atoms with Gasteiger partial charge in [0.15, 0.2) is 0 Å². The largest absolute Gasteiger partial charge is 0.346 e. The van der Waals surface area contributed by atoms with E-state index in [1.165, 1.54) is 0 Å². The van der Waals surface area contributed by atoms with E-state index in [2.05, 4.69) is 20.6 Å². The van der Waals surface area contributed by atoms with E-state index in [1.54, 1.807) is 0 Å². The minimum atomic E-state index is -0.346. The Labute approximate surface area is 158 Å². The normalized spacial score (nSPS) is 12.0. The van der Waals surface area contributed by atoms with E-state index < -0.39 is 0 Å². The molecule has 0 radical (unpaired) electrons. The first-order chi connectivity index (χ1) is 12.8. The Morgan fingerprint density at radius 2 is 1.74 bits per heavy atom. The summed E-state index contributed by atoms with van der Waals surface area (Å²) in [5, 5.41) is 5.60. The number of carbonyl (C=O) groups excluding carboxylic acids is 2. The van der Waals surface area contributed by atoms with Gasteiger partial charge in [-0.3, -0.25) is 9.59 Å². The van der Waals surface area contributed by atoms with E-state index in [9.17, 15) is 9.59 Å². The van der Waals surface area contributed by atoms with E-state index in [0.717, 1.165) is 33.4 Å². The molecule has 0 aliphatic rings. The number of rotatable bonds is 5. The summed E-state index contributed by atoms with van der Waals surface area (Å²) in [6, 6.07) is 11.4. The van der Waals surface area contributed by atoms with E-state index >= 15 is 0 Å². The molecular weight excluding hydrogens is 340 g/mol. The van der Waals surface area contributed by atoms with Gasteiger partial charge >= 0.3 is 0 Å². The molecule has 140 valence electrons. The molecule has 6 heteroatoms. The number of H-pyrrole nitrogens is 1. The lowest BCUT2D eigenvalue weighted by Crippen LogP contribution is -2.30. The van der Waals surface area contributed by atoms with Crippen molar-refractivity contribution in [2.45, 2.75) is 40.2 Å². The molecule has 3 N–H and O–H groups in total. The van der Waals surface area contributed by atoms with Crippen LogP contribution in [-0.2, 0) is 9.59 Å². The number of aromatic nitrogens is 2. The quantitative estimate of drug-likeness (QED) is 0.603. The Bertz CT molecular complexity index is 1010. The highest BCUT2D eigenvalue weighted by Gasteiger charge is 2.16. The van der Waals surface area contributed by atoms with Crippen LogP contribution in [0.1, 0.15) is 41.9 Å². The average molecular weight is 364 g/mol. The molecule has 0 saturated heterocycles. The molecule has 0 fully saturated rings. The summed E-state index contributed by atoms with van der Waals surface area (Å²) in [6.45, 7) is 7.77. The second-order valence-corrected chi connectivity index (χ2v) is 6.98. The molecule has 27 heavy (non-hydrogen) atoms. The summed E-state index contributed by atoms with van der Waals surface area (Å²) in [4.78, 5) is 32.1. The van der Waals surface area contributed by atoms with Gasteiger partial charge in [-0.1, -0.05) is 23.8 Å². The molecule has 0 saturated carbocycles. The Kier molecular flexibility index (Phi) is 5.26. The smallest absolute Gasteiger partial charge is 0.233 e. The van der Waals surface area contributed by atoms with E-state index in [1.807, 2.05) is 64.1 Å². The minimum Gasteiger partial charge on any atom is -0.346 e. The molecule has 1 atom stereocenters. The summed E-state index contributed by atoms with van der Waals surface area (Å²) >= 11 is 0. The molecule has 0 aliphatic heterocycles. The zero-order valence-corrected chi connectivity index (χ0v) is 16.0. The predicted molar refractivity (Wildman–Crippen MR) is 107 cm³/mol. The number of anilines is 1. The van der Waals surface area contributed by atoms with Crippen LogP contribution in [0.2, 0.25) is 0 Å². The maximum atomic E-state index is 12.2. The Morgan fingerprint density at radius 1 is 1.04 bits per heavy atom. The molecule has 3 aromatic rings. The van der Waals surface area contributed by atoms with Crippen LogP contribution >= 0.6 is 0 Å². The third kappa shape index (κ3) is 4.53. The molecular formula is C21H24N4O2. The maximum Gasteiger partial charge on any atom is 0.233 e. The Morgan fingerprint density at radius 3 is 2.48 bits per heavy atom. The molecule has 0 aliphatic carbocycles. The van der Waals surface area contributed by atoms with Crippen LogP contribution in [0.4, 0.5) is 5.69 Å². The highest BCUT2D eigenvalue weighted by molar-refractivity contribution is 6.03. The van der Waals surface area contributed by atoms with Crippen molar-refractivity contribution in [2.24, 2.45) is 0 Å². The number of fused-ring (bicyclic) bond motifs is 1. The lowest BCUT2D eigenvalue weighted by Gasteiger charge is -2.12. The zero-order chi connectivity index (χ0) is 19.6. The monoisotopic (exact) mass is 364 g/mol. The van der Waals surface area contributed by atoms with Crippen LogP contribution < -0.4 is 10.6 Å². The fourth-order valence-electron chi connectivity index (χ4n) is 3.00. The van der Waals surface area contributed by atoms with Crippen molar-refractivity contribution in [3.63, 3.8) is 0 Å². The third-order valence-corrected chi connectivity index (χ3v) is 4.42. The van der Waals surface area contributed by atoms with Gasteiger partial charge in [0.05, 0.1) is 17.1 Å². The van der Waals surface area contributed by atoms with Gasteiger partial charge in [0.25, 0.3) is 0 Å². The summed E-state index contributed by atoms with van der Waals surface area (Å²) in [5.74, 6) is -0.0213. The lowest BCUT2D eigenvalue weighted by molar-refractivity contribution is -0.127. The van der Waals surface area contributed by atoms with Crippen molar-refractivity contribution in [1.82, 2.24) is 15.3 Å². The van der Waals surface area contributed by atoms with Gasteiger partial charge in [0.1, 0.15) is 12.2 Å². The number of benzene rings is 2. The number of imidazole rings is 1. The average Bonchev–Trinajstić information content (AvgIpc) is 3.00. The standard InChI is InChI=1S/C21H24N4O2/c1-12-5-7-16(14(3)9-12)23-20(27)11-19(26)22-15(4)21-24-17-8-6-13(2)10-18(17)25-21/h5-10,15H,11H2,1-4H3,(H,22,26)(H,23,27)(H,24,25)/t15-/m1/s1. The van der Waals surface area contributed by atoms with E-state index in [-0.39, 0.29) is 24.3 Å². The maximum absolute atomic E-state index is 12.2. The molecule has 6 nitrogen and oxygen atoms in total. The van der Waals surface area contributed by atoms with E-state index in [4.69, 9.17) is 0 Å².